The fourth-order valence-electron chi connectivity index (χ4n) is 3.27. The maximum absolute atomic E-state index is 12.9. The highest BCUT2D eigenvalue weighted by Gasteiger charge is 2.32. The van der Waals surface area contributed by atoms with Gasteiger partial charge in [-0.1, -0.05) is 0 Å². The molecule has 1 atom stereocenters. The number of aromatic nitrogens is 2. The van der Waals surface area contributed by atoms with Crippen LogP contribution in [0, 0.1) is 0 Å². The molecule has 0 saturated heterocycles. The lowest BCUT2D eigenvalue weighted by Crippen LogP contribution is -2.37. The van der Waals surface area contributed by atoms with Crippen molar-refractivity contribution in [1.82, 2.24) is 14.5 Å². The third-order valence-electron chi connectivity index (χ3n) is 4.79. The molecule has 3 rings (SSSR count). The summed E-state index contributed by atoms with van der Waals surface area (Å²) in [6.07, 6.45) is 5.46. The summed E-state index contributed by atoms with van der Waals surface area (Å²) >= 11 is 0. The molecule has 0 unspecified atom stereocenters. The first-order valence-corrected chi connectivity index (χ1v) is 8.68. The minimum absolute atomic E-state index is 0.0470. The van der Waals surface area contributed by atoms with Crippen molar-refractivity contribution in [1.29, 1.82) is 0 Å². The lowest BCUT2D eigenvalue weighted by Gasteiger charge is -2.29. The predicted octanol–water partition coefficient (Wildman–Crippen LogP) is 1.95. The van der Waals surface area contributed by atoms with Gasteiger partial charge in [-0.2, -0.15) is 0 Å². The fourth-order valence-corrected chi connectivity index (χ4v) is 3.27. The van der Waals surface area contributed by atoms with Gasteiger partial charge in [0.1, 0.15) is 11.6 Å². The van der Waals surface area contributed by atoms with Crippen molar-refractivity contribution >= 4 is 17.5 Å². The van der Waals surface area contributed by atoms with Crippen molar-refractivity contribution in [3.05, 3.63) is 42.0 Å². The van der Waals surface area contributed by atoms with E-state index in [-0.39, 0.29) is 18.2 Å². The molecule has 138 valence electrons. The number of nitrogens with one attached hydrogen (secondary N) is 1. The van der Waals surface area contributed by atoms with Gasteiger partial charge in [0.2, 0.25) is 11.8 Å². The second kappa shape index (κ2) is 7.59. The first-order chi connectivity index (χ1) is 12.5. The average Bonchev–Trinajstić information content (AvgIpc) is 3.04. The Labute approximate surface area is 153 Å². The van der Waals surface area contributed by atoms with Crippen LogP contribution in [0.1, 0.15) is 30.1 Å². The molecule has 0 radical (unpaired) electrons. The molecule has 2 aromatic rings. The number of aryl methyl sites for hydroxylation is 2. The Kier molecular flexibility index (Phi) is 5.25. The number of imidazole rings is 1. The van der Waals surface area contributed by atoms with E-state index in [1.54, 1.807) is 37.4 Å². The molecule has 0 saturated carbocycles. The zero-order chi connectivity index (χ0) is 18.7. The SMILES string of the molecule is COc1ccc2c(c1)[C@H](C(=O)N(C)CCCc1nccn1C)CC(=O)N2. The average molecular weight is 356 g/mol. The van der Waals surface area contributed by atoms with Crippen LogP contribution in [0.15, 0.2) is 30.6 Å². The van der Waals surface area contributed by atoms with Crippen LogP contribution in [0.4, 0.5) is 5.69 Å². The first kappa shape index (κ1) is 18.0. The summed E-state index contributed by atoms with van der Waals surface area (Å²) in [6.45, 7) is 0.614. The van der Waals surface area contributed by atoms with E-state index < -0.39 is 5.92 Å². The molecular formula is C19H24N4O3. The van der Waals surface area contributed by atoms with E-state index in [4.69, 9.17) is 4.74 Å². The van der Waals surface area contributed by atoms with Crippen molar-refractivity contribution < 1.29 is 14.3 Å². The summed E-state index contributed by atoms with van der Waals surface area (Å²) in [5.41, 5.74) is 1.49. The number of benzene rings is 1. The maximum atomic E-state index is 12.9. The summed E-state index contributed by atoms with van der Waals surface area (Å²) < 4.78 is 7.25. The van der Waals surface area contributed by atoms with Gasteiger partial charge in [0.25, 0.3) is 0 Å². The van der Waals surface area contributed by atoms with Gasteiger partial charge in [-0.3, -0.25) is 9.59 Å². The van der Waals surface area contributed by atoms with Gasteiger partial charge in [-0.25, -0.2) is 4.98 Å². The Morgan fingerprint density at radius 1 is 1.46 bits per heavy atom. The second-order valence-electron chi connectivity index (χ2n) is 6.58. The summed E-state index contributed by atoms with van der Waals surface area (Å²) in [4.78, 5) is 31.0. The van der Waals surface area contributed by atoms with Gasteiger partial charge >= 0.3 is 0 Å². The van der Waals surface area contributed by atoms with Crippen molar-refractivity contribution in [2.75, 3.05) is 26.0 Å². The molecule has 1 N–H and O–H groups in total. The van der Waals surface area contributed by atoms with Crippen LogP contribution in [0.5, 0.6) is 5.75 Å². The number of methoxy groups -OCH3 is 1. The number of likely N-dealkylation sites (N-methyl/N-ethyl adjacent to an activating group) is 1. The normalized spacial score (nSPS) is 16.0. The smallest absolute Gasteiger partial charge is 0.230 e. The summed E-state index contributed by atoms with van der Waals surface area (Å²) in [7, 11) is 5.33. The number of hydrogen-bond donors (Lipinski definition) is 1. The van der Waals surface area contributed by atoms with Gasteiger partial charge in [-0.05, 0) is 30.2 Å². The second-order valence-corrected chi connectivity index (χ2v) is 6.58. The highest BCUT2D eigenvalue weighted by Crippen LogP contribution is 2.35. The molecular weight excluding hydrogens is 332 g/mol. The molecule has 0 fully saturated rings. The Hall–Kier alpha value is -2.83. The van der Waals surface area contributed by atoms with Crippen LogP contribution in [-0.2, 0) is 23.1 Å². The lowest BCUT2D eigenvalue weighted by atomic mass is 9.89. The molecule has 2 heterocycles. The number of amides is 2. The Morgan fingerprint density at radius 2 is 2.27 bits per heavy atom. The molecule has 1 aromatic heterocycles. The van der Waals surface area contributed by atoms with E-state index in [0.29, 0.717) is 18.0 Å². The lowest BCUT2D eigenvalue weighted by molar-refractivity contribution is -0.133. The third-order valence-corrected chi connectivity index (χ3v) is 4.79. The van der Waals surface area contributed by atoms with Gasteiger partial charge < -0.3 is 19.5 Å². The number of carbonyl (C=O) groups excluding carboxylic acids is 2. The van der Waals surface area contributed by atoms with Crippen molar-refractivity contribution in [2.24, 2.45) is 7.05 Å². The number of fused-ring (bicyclic) bond motifs is 1. The minimum atomic E-state index is -0.480. The maximum Gasteiger partial charge on any atom is 0.230 e. The van der Waals surface area contributed by atoms with Crippen LogP contribution < -0.4 is 10.1 Å². The highest BCUT2D eigenvalue weighted by atomic mass is 16.5. The van der Waals surface area contributed by atoms with Crippen molar-refractivity contribution in [3.63, 3.8) is 0 Å². The standard InChI is InChI=1S/C19H24N4O3/c1-22-10-8-20-17(22)5-4-9-23(2)19(25)15-12-18(24)21-16-7-6-13(26-3)11-14(15)16/h6-8,10-11,15H,4-5,9,12H2,1-3H3,(H,21,24)/t15-/m1/s1. The fraction of sp³-hybridized carbons (Fsp3) is 0.421. The third kappa shape index (κ3) is 3.71. The molecule has 7 nitrogen and oxygen atoms in total. The van der Waals surface area contributed by atoms with Crippen molar-refractivity contribution in [2.45, 2.75) is 25.2 Å². The van der Waals surface area contributed by atoms with E-state index in [1.807, 2.05) is 23.9 Å². The van der Waals surface area contributed by atoms with Crippen LogP contribution in [0.25, 0.3) is 0 Å². The molecule has 1 aromatic carbocycles. The molecule has 1 aliphatic rings. The van der Waals surface area contributed by atoms with Gasteiger partial charge in [-0.15, -0.1) is 0 Å². The molecule has 7 heteroatoms. The summed E-state index contributed by atoms with van der Waals surface area (Å²) in [6, 6.07) is 5.40. The van der Waals surface area contributed by atoms with Crippen LogP contribution in [0.2, 0.25) is 0 Å². The number of anilines is 1. The molecule has 0 aliphatic carbocycles. The van der Waals surface area contributed by atoms with Gasteiger partial charge in [0.05, 0.1) is 13.0 Å². The van der Waals surface area contributed by atoms with Crippen LogP contribution in [-0.4, -0.2) is 47.0 Å². The van der Waals surface area contributed by atoms with E-state index in [0.717, 1.165) is 24.2 Å². The Morgan fingerprint density at radius 3 is 2.96 bits per heavy atom. The van der Waals surface area contributed by atoms with E-state index in [1.165, 1.54) is 0 Å². The van der Waals surface area contributed by atoms with Crippen molar-refractivity contribution in [3.8, 4) is 5.75 Å². The number of rotatable bonds is 6. The molecule has 1 aliphatic heterocycles. The zero-order valence-electron chi connectivity index (χ0n) is 15.4. The quantitative estimate of drug-likeness (QED) is 0.858. The monoisotopic (exact) mass is 356 g/mol. The largest absolute Gasteiger partial charge is 0.497 e. The zero-order valence-corrected chi connectivity index (χ0v) is 15.4. The molecule has 0 bridgehead atoms. The Balaban J connectivity index is 1.68. The number of carbonyl (C=O) groups is 2. The molecule has 2 amide bonds. The van der Waals surface area contributed by atoms with Gasteiger partial charge in [0.15, 0.2) is 0 Å². The van der Waals surface area contributed by atoms with E-state index in [2.05, 4.69) is 10.3 Å². The Bertz CT molecular complexity index is 815. The van der Waals surface area contributed by atoms with E-state index >= 15 is 0 Å². The minimum Gasteiger partial charge on any atom is -0.497 e. The van der Waals surface area contributed by atoms with Crippen LogP contribution >= 0.6 is 0 Å². The summed E-state index contributed by atoms with van der Waals surface area (Å²) in [5.74, 6) is 1.01. The predicted molar refractivity (Wildman–Crippen MR) is 98.1 cm³/mol. The topological polar surface area (TPSA) is 76.5 Å². The van der Waals surface area contributed by atoms with Gasteiger partial charge in [0, 0.05) is 51.6 Å². The first-order valence-electron chi connectivity index (χ1n) is 8.68. The van der Waals surface area contributed by atoms with Crippen LogP contribution in [0.3, 0.4) is 0 Å². The summed E-state index contributed by atoms with van der Waals surface area (Å²) in [5, 5.41) is 2.83. The number of nitrogens with zero attached hydrogens (tertiary/aromatic N) is 3. The highest BCUT2D eigenvalue weighted by molar-refractivity contribution is 6.01. The number of ether oxygens (including phenoxy) is 1. The molecule has 26 heavy (non-hydrogen) atoms. The van der Waals surface area contributed by atoms with E-state index in [9.17, 15) is 9.59 Å². The molecule has 0 spiro atoms. The number of hydrogen-bond acceptors (Lipinski definition) is 4.